The van der Waals surface area contributed by atoms with Gasteiger partial charge >= 0.3 is 6.03 Å². The van der Waals surface area contributed by atoms with Gasteiger partial charge in [0.15, 0.2) is 0 Å². The van der Waals surface area contributed by atoms with E-state index in [-0.39, 0.29) is 11.9 Å². The lowest BCUT2D eigenvalue weighted by molar-refractivity contribution is -0.133. The van der Waals surface area contributed by atoms with E-state index in [2.05, 4.69) is 5.32 Å². The lowest BCUT2D eigenvalue weighted by Gasteiger charge is -2.30. The molecule has 1 rings (SSSR count). The van der Waals surface area contributed by atoms with Crippen LogP contribution in [0.25, 0.3) is 0 Å². The summed E-state index contributed by atoms with van der Waals surface area (Å²) in [4.78, 5) is 27.5. The van der Waals surface area contributed by atoms with Crippen LogP contribution in [0.3, 0.4) is 0 Å². The first kappa shape index (κ1) is 14.8. The van der Waals surface area contributed by atoms with Gasteiger partial charge in [0, 0.05) is 26.2 Å². The fourth-order valence-electron chi connectivity index (χ4n) is 2.24. The first-order valence-corrected chi connectivity index (χ1v) is 6.94. The summed E-state index contributed by atoms with van der Waals surface area (Å²) in [6, 6.07) is -0.589. The van der Waals surface area contributed by atoms with Crippen LogP contribution >= 0.6 is 0 Å². The molecule has 5 heteroatoms. The lowest BCUT2D eigenvalue weighted by Crippen LogP contribution is -2.51. The molecule has 1 saturated heterocycles. The molecule has 0 radical (unpaired) electrons. The average molecular weight is 255 g/mol. The first-order chi connectivity index (χ1) is 8.60. The number of likely N-dealkylation sites (tertiary alicyclic amines) is 1. The molecule has 1 fully saturated rings. The second-order valence-electron chi connectivity index (χ2n) is 4.73. The van der Waals surface area contributed by atoms with Crippen LogP contribution in [0.2, 0.25) is 0 Å². The molecule has 0 unspecified atom stereocenters. The van der Waals surface area contributed by atoms with Crippen molar-refractivity contribution in [1.82, 2.24) is 15.1 Å². The van der Waals surface area contributed by atoms with Crippen molar-refractivity contribution in [2.45, 2.75) is 46.1 Å². The van der Waals surface area contributed by atoms with E-state index in [0.29, 0.717) is 13.1 Å². The van der Waals surface area contributed by atoms with E-state index in [9.17, 15) is 9.59 Å². The molecular formula is C13H25N3O2. The molecule has 0 aliphatic carbocycles. The quantitative estimate of drug-likeness (QED) is 0.826. The second-order valence-corrected chi connectivity index (χ2v) is 4.73. The molecule has 3 amide bonds. The average Bonchev–Trinajstić information content (AvgIpc) is 2.40. The van der Waals surface area contributed by atoms with Crippen molar-refractivity contribution < 1.29 is 9.59 Å². The number of nitrogens with one attached hydrogen (secondary N) is 1. The zero-order valence-electron chi connectivity index (χ0n) is 11.7. The second kappa shape index (κ2) is 7.24. The summed E-state index contributed by atoms with van der Waals surface area (Å²) < 4.78 is 0. The molecule has 0 spiro atoms. The van der Waals surface area contributed by atoms with E-state index >= 15 is 0 Å². The van der Waals surface area contributed by atoms with Gasteiger partial charge in [0.2, 0.25) is 5.91 Å². The highest BCUT2D eigenvalue weighted by Gasteiger charge is 2.24. The Kier molecular flexibility index (Phi) is 5.95. The van der Waals surface area contributed by atoms with Gasteiger partial charge in [0.1, 0.15) is 6.04 Å². The molecule has 1 aliphatic heterocycles. The van der Waals surface area contributed by atoms with Gasteiger partial charge in [-0.2, -0.15) is 0 Å². The van der Waals surface area contributed by atoms with Crippen LogP contribution in [-0.4, -0.2) is 54.0 Å². The molecule has 18 heavy (non-hydrogen) atoms. The van der Waals surface area contributed by atoms with Crippen molar-refractivity contribution in [3.05, 3.63) is 0 Å². The van der Waals surface area contributed by atoms with Crippen molar-refractivity contribution in [2.24, 2.45) is 0 Å². The summed E-state index contributed by atoms with van der Waals surface area (Å²) >= 11 is 0. The van der Waals surface area contributed by atoms with Gasteiger partial charge in [-0.3, -0.25) is 4.79 Å². The Bertz CT molecular complexity index is 284. The largest absolute Gasteiger partial charge is 0.341 e. The highest BCUT2D eigenvalue weighted by Crippen LogP contribution is 2.10. The summed E-state index contributed by atoms with van der Waals surface area (Å²) in [5, 5.41) is 2.77. The Morgan fingerprint density at radius 3 is 2.22 bits per heavy atom. The molecule has 1 N–H and O–H groups in total. The van der Waals surface area contributed by atoms with Gasteiger partial charge in [-0.1, -0.05) is 0 Å². The van der Waals surface area contributed by atoms with Crippen LogP contribution in [0.15, 0.2) is 0 Å². The van der Waals surface area contributed by atoms with E-state index in [0.717, 1.165) is 25.9 Å². The molecule has 1 atom stereocenters. The van der Waals surface area contributed by atoms with E-state index in [1.54, 1.807) is 11.8 Å². The summed E-state index contributed by atoms with van der Waals surface area (Å²) in [6.07, 6.45) is 3.34. The van der Waals surface area contributed by atoms with Crippen molar-refractivity contribution in [3.63, 3.8) is 0 Å². The summed E-state index contributed by atoms with van der Waals surface area (Å²) in [7, 11) is 0. The Hall–Kier alpha value is -1.26. The number of carbonyl (C=O) groups is 2. The monoisotopic (exact) mass is 255 g/mol. The predicted octanol–water partition coefficient (Wildman–Crippen LogP) is 1.44. The minimum Gasteiger partial charge on any atom is -0.341 e. The minimum absolute atomic E-state index is 0.0372. The zero-order chi connectivity index (χ0) is 13.5. The Morgan fingerprint density at radius 2 is 1.72 bits per heavy atom. The topological polar surface area (TPSA) is 52.7 Å². The number of carbonyl (C=O) groups excluding carboxylic acids is 2. The molecule has 0 aromatic heterocycles. The van der Waals surface area contributed by atoms with E-state index in [1.165, 1.54) is 6.42 Å². The maximum absolute atomic E-state index is 12.1. The number of rotatable bonds is 4. The molecule has 104 valence electrons. The first-order valence-electron chi connectivity index (χ1n) is 6.94. The van der Waals surface area contributed by atoms with Crippen molar-refractivity contribution in [1.29, 1.82) is 0 Å². The third-order valence-electron chi connectivity index (χ3n) is 3.43. The number of urea groups is 1. The van der Waals surface area contributed by atoms with Crippen LogP contribution < -0.4 is 5.32 Å². The smallest absolute Gasteiger partial charge is 0.318 e. The molecule has 0 bridgehead atoms. The van der Waals surface area contributed by atoms with Crippen LogP contribution in [-0.2, 0) is 4.79 Å². The van der Waals surface area contributed by atoms with Gasteiger partial charge in [-0.05, 0) is 40.0 Å². The standard InChI is InChI=1S/C13H25N3O2/c1-4-15(5-2)13(18)14-11(3)12(17)16-9-7-6-8-10-16/h11H,4-10H2,1-3H3,(H,14,18)/t11-/m0/s1. The van der Waals surface area contributed by atoms with Gasteiger partial charge in [0.25, 0.3) is 0 Å². The third-order valence-corrected chi connectivity index (χ3v) is 3.43. The highest BCUT2D eigenvalue weighted by atomic mass is 16.2. The van der Waals surface area contributed by atoms with Crippen LogP contribution in [0.4, 0.5) is 4.79 Å². The van der Waals surface area contributed by atoms with Crippen LogP contribution in [0.1, 0.15) is 40.0 Å². The van der Waals surface area contributed by atoms with Gasteiger partial charge in [-0.25, -0.2) is 4.79 Å². The molecule has 0 aromatic rings. The fraction of sp³-hybridized carbons (Fsp3) is 0.846. The maximum atomic E-state index is 12.1. The molecular weight excluding hydrogens is 230 g/mol. The Labute approximate surface area is 110 Å². The number of hydrogen-bond acceptors (Lipinski definition) is 2. The van der Waals surface area contributed by atoms with E-state index in [1.807, 2.05) is 18.7 Å². The van der Waals surface area contributed by atoms with Crippen molar-refractivity contribution >= 4 is 11.9 Å². The van der Waals surface area contributed by atoms with Crippen LogP contribution in [0.5, 0.6) is 0 Å². The summed E-state index contributed by atoms with van der Waals surface area (Å²) in [5.74, 6) is 0.0372. The van der Waals surface area contributed by atoms with Gasteiger partial charge < -0.3 is 15.1 Å². The Balaban J connectivity index is 2.45. The molecule has 5 nitrogen and oxygen atoms in total. The SMILES string of the molecule is CCN(CC)C(=O)N[C@@H](C)C(=O)N1CCCCC1. The predicted molar refractivity (Wildman–Crippen MR) is 71.3 cm³/mol. The number of amides is 3. The zero-order valence-corrected chi connectivity index (χ0v) is 11.7. The molecule has 1 heterocycles. The molecule has 0 aromatic carbocycles. The highest BCUT2D eigenvalue weighted by molar-refractivity contribution is 5.86. The van der Waals surface area contributed by atoms with Crippen LogP contribution in [0, 0.1) is 0 Å². The van der Waals surface area contributed by atoms with Crippen molar-refractivity contribution in [2.75, 3.05) is 26.2 Å². The lowest BCUT2D eigenvalue weighted by atomic mass is 10.1. The number of piperidine rings is 1. The Morgan fingerprint density at radius 1 is 1.17 bits per heavy atom. The molecule has 0 saturated carbocycles. The normalized spacial score (nSPS) is 17.2. The fourth-order valence-corrected chi connectivity index (χ4v) is 2.24. The summed E-state index contributed by atoms with van der Waals surface area (Å²) in [5.41, 5.74) is 0. The number of nitrogens with zero attached hydrogens (tertiary/aromatic N) is 2. The number of hydrogen-bond donors (Lipinski definition) is 1. The minimum atomic E-state index is -0.434. The van der Waals surface area contributed by atoms with E-state index in [4.69, 9.17) is 0 Å². The summed E-state index contributed by atoms with van der Waals surface area (Å²) in [6.45, 7) is 8.59. The van der Waals surface area contributed by atoms with Crippen molar-refractivity contribution in [3.8, 4) is 0 Å². The van der Waals surface area contributed by atoms with Gasteiger partial charge in [-0.15, -0.1) is 0 Å². The van der Waals surface area contributed by atoms with Gasteiger partial charge in [0.05, 0.1) is 0 Å². The maximum Gasteiger partial charge on any atom is 0.318 e. The van der Waals surface area contributed by atoms with E-state index < -0.39 is 6.04 Å². The molecule has 1 aliphatic rings. The third kappa shape index (κ3) is 3.89.